The van der Waals surface area contributed by atoms with Gasteiger partial charge in [0.25, 0.3) is 5.91 Å². The van der Waals surface area contributed by atoms with Gasteiger partial charge in [-0.1, -0.05) is 18.2 Å². The number of anilines is 1. The number of hydrogen-bond acceptors (Lipinski definition) is 6. The van der Waals surface area contributed by atoms with Gasteiger partial charge in [-0.3, -0.25) is 19.2 Å². The first-order chi connectivity index (χ1) is 12.4. The molecule has 0 atom stereocenters. The molecule has 0 radical (unpaired) electrons. The Balaban J connectivity index is 2.07. The van der Waals surface area contributed by atoms with Gasteiger partial charge in [0.2, 0.25) is 0 Å². The maximum atomic E-state index is 12.5. The Morgan fingerprint density at radius 2 is 1.85 bits per heavy atom. The van der Waals surface area contributed by atoms with Crippen LogP contribution in [0.4, 0.5) is 5.69 Å². The molecular formula is C18H21N3O5. The monoisotopic (exact) mass is 359 g/mol. The van der Waals surface area contributed by atoms with Crippen LogP contribution in [0.25, 0.3) is 0 Å². The van der Waals surface area contributed by atoms with Gasteiger partial charge in [-0.25, -0.2) is 4.79 Å². The van der Waals surface area contributed by atoms with Crippen molar-refractivity contribution in [3.63, 3.8) is 0 Å². The molecule has 0 N–H and O–H groups in total. The fourth-order valence-corrected chi connectivity index (χ4v) is 2.25. The number of aromatic nitrogens is 2. The molecule has 0 aliphatic heterocycles. The molecule has 1 heterocycles. The third kappa shape index (κ3) is 4.69. The van der Waals surface area contributed by atoms with Crippen LogP contribution in [0.1, 0.15) is 23.0 Å². The minimum absolute atomic E-state index is 0.213. The van der Waals surface area contributed by atoms with Crippen LogP contribution < -0.4 is 4.90 Å². The number of amides is 1. The quantitative estimate of drug-likeness (QED) is 0.696. The molecule has 1 aromatic carbocycles. The van der Waals surface area contributed by atoms with Crippen molar-refractivity contribution in [2.75, 3.05) is 24.7 Å². The van der Waals surface area contributed by atoms with Gasteiger partial charge in [0.1, 0.15) is 12.1 Å². The fourth-order valence-electron chi connectivity index (χ4n) is 2.25. The highest BCUT2D eigenvalue weighted by atomic mass is 16.5. The predicted octanol–water partition coefficient (Wildman–Crippen LogP) is 1.48. The van der Waals surface area contributed by atoms with Gasteiger partial charge < -0.3 is 9.47 Å². The molecule has 0 bridgehead atoms. The van der Waals surface area contributed by atoms with E-state index in [0.29, 0.717) is 11.4 Å². The van der Waals surface area contributed by atoms with E-state index in [2.05, 4.69) is 5.10 Å². The van der Waals surface area contributed by atoms with Gasteiger partial charge in [-0.15, -0.1) is 0 Å². The maximum absolute atomic E-state index is 12.5. The van der Waals surface area contributed by atoms with E-state index in [1.807, 2.05) is 0 Å². The number of ether oxygens (including phenoxy) is 2. The van der Waals surface area contributed by atoms with Crippen LogP contribution >= 0.6 is 0 Å². The number of carbonyl (C=O) groups excluding carboxylic acids is 3. The molecule has 8 nitrogen and oxygen atoms in total. The second kappa shape index (κ2) is 8.80. The second-order valence-electron chi connectivity index (χ2n) is 5.46. The van der Waals surface area contributed by atoms with Crippen LogP contribution in [0, 0.1) is 6.92 Å². The lowest BCUT2D eigenvalue weighted by atomic mass is 10.2. The lowest BCUT2D eigenvalue weighted by Gasteiger charge is -2.21. The zero-order valence-electron chi connectivity index (χ0n) is 15.0. The van der Waals surface area contributed by atoms with Crippen LogP contribution in [0.5, 0.6) is 0 Å². The van der Waals surface area contributed by atoms with Crippen molar-refractivity contribution < 1.29 is 23.9 Å². The first-order valence-electron chi connectivity index (χ1n) is 8.10. The average Bonchev–Trinajstić information content (AvgIpc) is 2.97. The van der Waals surface area contributed by atoms with Crippen LogP contribution in [0.15, 0.2) is 36.5 Å². The van der Waals surface area contributed by atoms with Gasteiger partial charge in [0.15, 0.2) is 6.61 Å². The third-order valence-electron chi connectivity index (χ3n) is 3.74. The Bertz CT molecular complexity index is 785. The zero-order chi connectivity index (χ0) is 19.1. The van der Waals surface area contributed by atoms with Crippen molar-refractivity contribution in [2.24, 2.45) is 7.05 Å². The Morgan fingerprint density at radius 1 is 1.15 bits per heavy atom. The van der Waals surface area contributed by atoms with E-state index in [1.54, 1.807) is 51.2 Å². The van der Waals surface area contributed by atoms with Crippen LogP contribution in [0.2, 0.25) is 0 Å². The van der Waals surface area contributed by atoms with Crippen LogP contribution in [-0.2, 0) is 26.1 Å². The van der Waals surface area contributed by atoms with Crippen molar-refractivity contribution in [1.29, 1.82) is 0 Å². The SMILES string of the molecule is CCOC(=O)CN(C(=O)COC(=O)c1cnn(C)c1C)c1ccccc1. The zero-order valence-corrected chi connectivity index (χ0v) is 15.0. The van der Waals surface area contributed by atoms with Gasteiger partial charge in [0, 0.05) is 18.4 Å². The first-order valence-corrected chi connectivity index (χ1v) is 8.10. The first kappa shape index (κ1) is 19.2. The van der Waals surface area contributed by atoms with Gasteiger partial charge in [0.05, 0.1) is 12.8 Å². The number of hydrogen-bond donors (Lipinski definition) is 0. The van der Waals surface area contributed by atoms with E-state index < -0.39 is 24.5 Å². The average molecular weight is 359 g/mol. The number of rotatable bonds is 7. The smallest absolute Gasteiger partial charge is 0.342 e. The summed E-state index contributed by atoms with van der Waals surface area (Å²) in [6, 6.07) is 8.65. The highest BCUT2D eigenvalue weighted by molar-refractivity contribution is 6.00. The molecule has 0 spiro atoms. The van der Waals surface area contributed by atoms with Crippen molar-refractivity contribution in [3.05, 3.63) is 47.8 Å². The number of esters is 2. The van der Waals surface area contributed by atoms with Crippen LogP contribution in [0.3, 0.4) is 0 Å². The summed E-state index contributed by atoms with van der Waals surface area (Å²) in [6.07, 6.45) is 1.38. The van der Waals surface area contributed by atoms with Crippen molar-refractivity contribution in [2.45, 2.75) is 13.8 Å². The van der Waals surface area contributed by atoms with E-state index in [4.69, 9.17) is 9.47 Å². The fraction of sp³-hybridized carbons (Fsp3) is 0.333. The van der Waals surface area contributed by atoms with E-state index in [1.165, 1.54) is 15.8 Å². The number of carbonyl (C=O) groups is 3. The minimum atomic E-state index is -0.645. The summed E-state index contributed by atoms with van der Waals surface area (Å²) in [6.45, 7) is 2.86. The Morgan fingerprint density at radius 3 is 2.42 bits per heavy atom. The molecule has 1 aromatic heterocycles. The van der Waals surface area contributed by atoms with E-state index in [9.17, 15) is 14.4 Å². The highest BCUT2D eigenvalue weighted by Crippen LogP contribution is 2.14. The number of benzene rings is 1. The van der Waals surface area contributed by atoms with Crippen molar-refractivity contribution >= 4 is 23.5 Å². The number of nitrogens with zero attached hydrogens (tertiary/aromatic N) is 3. The van der Waals surface area contributed by atoms with Gasteiger partial charge >= 0.3 is 11.9 Å². The molecule has 2 rings (SSSR count). The molecule has 8 heteroatoms. The molecule has 0 unspecified atom stereocenters. The van der Waals surface area contributed by atoms with Crippen molar-refractivity contribution in [3.8, 4) is 0 Å². The molecule has 138 valence electrons. The topological polar surface area (TPSA) is 90.7 Å². The Labute approximate surface area is 151 Å². The maximum Gasteiger partial charge on any atom is 0.342 e. The normalized spacial score (nSPS) is 10.3. The van der Waals surface area contributed by atoms with E-state index in [-0.39, 0.29) is 18.7 Å². The summed E-state index contributed by atoms with van der Waals surface area (Å²) in [5, 5.41) is 3.97. The minimum Gasteiger partial charge on any atom is -0.465 e. The van der Waals surface area contributed by atoms with E-state index >= 15 is 0 Å². The summed E-state index contributed by atoms with van der Waals surface area (Å²) in [5.74, 6) is -1.72. The summed E-state index contributed by atoms with van der Waals surface area (Å²) in [4.78, 5) is 37.7. The summed E-state index contributed by atoms with van der Waals surface area (Å²) < 4.78 is 11.5. The molecule has 0 fully saturated rings. The van der Waals surface area contributed by atoms with Gasteiger partial charge in [-0.05, 0) is 26.0 Å². The van der Waals surface area contributed by atoms with E-state index in [0.717, 1.165) is 0 Å². The third-order valence-corrected chi connectivity index (χ3v) is 3.74. The molecule has 0 aliphatic carbocycles. The predicted molar refractivity (Wildman–Crippen MR) is 93.7 cm³/mol. The second-order valence-corrected chi connectivity index (χ2v) is 5.46. The lowest BCUT2D eigenvalue weighted by molar-refractivity contribution is -0.142. The molecular weight excluding hydrogens is 338 g/mol. The summed E-state index contributed by atoms with van der Waals surface area (Å²) >= 11 is 0. The molecule has 0 saturated carbocycles. The molecule has 26 heavy (non-hydrogen) atoms. The highest BCUT2D eigenvalue weighted by Gasteiger charge is 2.22. The number of aryl methyl sites for hydroxylation is 1. The standard InChI is InChI=1S/C18H21N3O5/c1-4-25-17(23)11-21(14-8-6-5-7-9-14)16(22)12-26-18(24)15-10-19-20(3)13(15)2/h5-10H,4,11-12H2,1-3H3. The Hall–Kier alpha value is -3.16. The van der Waals surface area contributed by atoms with Crippen molar-refractivity contribution in [1.82, 2.24) is 9.78 Å². The summed E-state index contributed by atoms with van der Waals surface area (Å²) in [7, 11) is 1.70. The lowest BCUT2D eigenvalue weighted by Crippen LogP contribution is -2.39. The van der Waals surface area contributed by atoms with Gasteiger partial charge in [-0.2, -0.15) is 5.10 Å². The molecule has 0 aliphatic rings. The molecule has 0 saturated heterocycles. The largest absolute Gasteiger partial charge is 0.465 e. The van der Waals surface area contributed by atoms with Crippen LogP contribution in [-0.4, -0.2) is 47.4 Å². The summed E-state index contributed by atoms with van der Waals surface area (Å²) in [5.41, 5.74) is 1.44. The number of para-hydroxylation sites is 1. The Kier molecular flexibility index (Phi) is 6.48. The molecule has 1 amide bonds. The molecule has 2 aromatic rings.